The van der Waals surface area contributed by atoms with E-state index in [0.29, 0.717) is 23.6 Å². The van der Waals surface area contributed by atoms with Gasteiger partial charge in [-0.1, -0.05) is 18.0 Å². The fraction of sp³-hybridized carbons (Fsp3) is 0.462. The summed E-state index contributed by atoms with van der Waals surface area (Å²) in [5, 5.41) is 20.6. The van der Waals surface area contributed by atoms with Crippen molar-refractivity contribution in [1.82, 2.24) is 4.90 Å². The molecule has 1 aromatic carbocycles. The van der Waals surface area contributed by atoms with Crippen LogP contribution in [0.15, 0.2) is 18.2 Å². The number of carboxylic acids is 1. The minimum atomic E-state index is -0.880. The monoisotopic (exact) mass is 298 g/mol. The van der Waals surface area contributed by atoms with E-state index in [2.05, 4.69) is 0 Å². The molecule has 6 nitrogen and oxygen atoms in total. The SMILES string of the molecule is O=C(O)C1CCCCN1Cc1cc(Cl)ccc1[N+](=O)[O-]. The van der Waals surface area contributed by atoms with E-state index >= 15 is 0 Å². The summed E-state index contributed by atoms with van der Waals surface area (Å²) in [5.41, 5.74) is 0.430. The number of nitrogens with zero attached hydrogens (tertiary/aromatic N) is 2. The lowest BCUT2D eigenvalue weighted by Gasteiger charge is -2.32. The lowest BCUT2D eigenvalue weighted by atomic mass is 10.0. The van der Waals surface area contributed by atoms with E-state index in [-0.39, 0.29) is 12.2 Å². The topological polar surface area (TPSA) is 83.7 Å². The quantitative estimate of drug-likeness (QED) is 0.682. The molecule has 1 atom stereocenters. The van der Waals surface area contributed by atoms with E-state index in [1.54, 1.807) is 4.90 Å². The number of hydrogen-bond donors (Lipinski definition) is 1. The van der Waals surface area contributed by atoms with Crippen LogP contribution in [0.25, 0.3) is 0 Å². The van der Waals surface area contributed by atoms with E-state index in [4.69, 9.17) is 11.6 Å². The molecule has 7 heteroatoms. The van der Waals surface area contributed by atoms with Crippen molar-refractivity contribution >= 4 is 23.3 Å². The van der Waals surface area contributed by atoms with Crippen molar-refractivity contribution in [3.05, 3.63) is 38.9 Å². The van der Waals surface area contributed by atoms with Gasteiger partial charge in [-0.25, -0.2) is 0 Å². The van der Waals surface area contributed by atoms with Gasteiger partial charge in [0, 0.05) is 23.2 Å². The van der Waals surface area contributed by atoms with Crippen LogP contribution in [0.2, 0.25) is 5.02 Å². The van der Waals surface area contributed by atoms with E-state index in [1.165, 1.54) is 18.2 Å². The molecule has 0 radical (unpaired) electrons. The van der Waals surface area contributed by atoms with Gasteiger partial charge in [-0.15, -0.1) is 0 Å². The van der Waals surface area contributed by atoms with Crippen molar-refractivity contribution < 1.29 is 14.8 Å². The van der Waals surface area contributed by atoms with Crippen molar-refractivity contribution in [1.29, 1.82) is 0 Å². The molecule has 0 spiro atoms. The third-order valence-corrected chi connectivity index (χ3v) is 3.75. The molecule has 0 aliphatic carbocycles. The molecule has 1 fully saturated rings. The highest BCUT2D eigenvalue weighted by molar-refractivity contribution is 6.30. The number of piperidine rings is 1. The first kappa shape index (κ1) is 14.7. The maximum Gasteiger partial charge on any atom is 0.320 e. The van der Waals surface area contributed by atoms with Gasteiger partial charge in [-0.05, 0) is 31.5 Å². The average Bonchev–Trinajstić information content (AvgIpc) is 2.38. The highest BCUT2D eigenvalue weighted by Gasteiger charge is 2.29. The second-order valence-electron chi connectivity index (χ2n) is 4.85. The van der Waals surface area contributed by atoms with Crippen LogP contribution in [-0.4, -0.2) is 33.5 Å². The Morgan fingerprint density at radius 1 is 1.50 bits per heavy atom. The third-order valence-electron chi connectivity index (χ3n) is 3.51. The number of nitro groups is 1. The molecule has 1 aliphatic rings. The molecule has 0 aromatic heterocycles. The molecule has 1 heterocycles. The molecular weight excluding hydrogens is 284 g/mol. The third kappa shape index (κ3) is 3.26. The zero-order chi connectivity index (χ0) is 14.7. The summed E-state index contributed by atoms with van der Waals surface area (Å²) in [5.74, 6) is -0.880. The standard InChI is InChI=1S/C13H15ClN2O4/c14-10-4-5-11(16(19)20)9(7-10)8-15-6-2-1-3-12(15)13(17)18/h4-5,7,12H,1-3,6,8H2,(H,17,18). The summed E-state index contributed by atoms with van der Waals surface area (Å²) in [4.78, 5) is 23.6. The predicted octanol–water partition coefficient (Wildman–Crippen LogP) is 2.69. The Bertz CT molecular complexity index is 535. The molecule has 0 saturated carbocycles. The number of rotatable bonds is 4. The van der Waals surface area contributed by atoms with Crippen LogP contribution in [0.4, 0.5) is 5.69 Å². The summed E-state index contributed by atoms with van der Waals surface area (Å²) in [6.07, 6.45) is 2.34. The van der Waals surface area contributed by atoms with Crippen molar-refractivity contribution in [3.63, 3.8) is 0 Å². The van der Waals surface area contributed by atoms with Crippen LogP contribution in [0.1, 0.15) is 24.8 Å². The fourth-order valence-corrected chi connectivity index (χ4v) is 2.73. The maximum atomic E-state index is 11.2. The van der Waals surface area contributed by atoms with Gasteiger partial charge in [0.2, 0.25) is 0 Å². The van der Waals surface area contributed by atoms with Gasteiger partial charge in [0.05, 0.1) is 4.92 Å². The molecule has 1 N–H and O–H groups in total. The van der Waals surface area contributed by atoms with Gasteiger partial charge in [-0.2, -0.15) is 0 Å². The van der Waals surface area contributed by atoms with Crippen LogP contribution in [0.3, 0.4) is 0 Å². The molecular formula is C13H15ClN2O4. The first-order valence-corrected chi connectivity index (χ1v) is 6.76. The number of carbonyl (C=O) groups is 1. The largest absolute Gasteiger partial charge is 0.480 e. The molecule has 0 amide bonds. The predicted molar refractivity (Wildman–Crippen MR) is 73.8 cm³/mol. The van der Waals surface area contributed by atoms with Crippen LogP contribution in [-0.2, 0) is 11.3 Å². The Morgan fingerprint density at radius 2 is 2.25 bits per heavy atom. The van der Waals surface area contributed by atoms with E-state index in [9.17, 15) is 20.0 Å². The van der Waals surface area contributed by atoms with Gasteiger partial charge in [0.1, 0.15) is 6.04 Å². The smallest absolute Gasteiger partial charge is 0.320 e. The Balaban J connectivity index is 2.25. The molecule has 1 aromatic rings. The van der Waals surface area contributed by atoms with Crippen molar-refractivity contribution in [2.45, 2.75) is 31.8 Å². The van der Waals surface area contributed by atoms with Crippen LogP contribution in [0.5, 0.6) is 0 Å². The lowest BCUT2D eigenvalue weighted by Crippen LogP contribution is -2.44. The number of aliphatic carboxylic acids is 1. The minimum Gasteiger partial charge on any atom is -0.480 e. The van der Waals surface area contributed by atoms with E-state index in [0.717, 1.165) is 12.8 Å². The highest BCUT2D eigenvalue weighted by atomic mass is 35.5. The number of halogens is 1. The Hall–Kier alpha value is -1.66. The molecule has 108 valence electrons. The van der Waals surface area contributed by atoms with Gasteiger partial charge in [0.25, 0.3) is 5.69 Å². The van der Waals surface area contributed by atoms with Gasteiger partial charge >= 0.3 is 5.97 Å². The maximum absolute atomic E-state index is 11.2. The van der Waals surface area contributed by atoms with E-state index in [1.807, 2.05) is 0 Å². The minimum absolute atomic E-state index is 0.0240. The Morgan fingerprint density at radius 3 is 2.90 bits per heavy atom. The first-order chi connectivity index (χ1) is 9.49. The highest BCUT2D eigenvalue weighted by Crippen LogP contribution is 2.27. The molecule has 2 rings (SSSR count). The molecule has 1 unspecified atom stereocenters. The van der Waals surface area contributed by atoms with Crippen molar-refractivity contribution in [2.24, 2.45) is 0 Å². The summed E-state index contributed by atoms with van der Waals surface area (Å²) < 4.78 is 0. The van der Waals surface area contributed by atoms with Gasteiger partial charge in [0.15, 0.2) is 0 Å². The normalized spacial score (nSPS) is 19.8. The number of benzene rings is 1. The summed E-state index contributed by atoms with van der Waals surface area (Å²) >= 11 is 5.88. The number of nitro benzene ring substituents is 1. The first-order valence-electron chi connectivity index (χ1n) is 6.38. The zero-order valence-electron chi connectivity index (χ0n) is 10.8. The van der Waals surface area contributed by atoms with Gasteiger partial charge in [-0.3, -0.25) is 19.8 Å². The summed E-state index contributed by atoms with van der Waals surface area (Å²) in [6, 6.07) is 3.78. The van der Waals surface area contributed by atoms with Crippen molar-refractivity contribution in [2.75, 3.05) is 6.54 Å². The summed E-state index contributed by atoms with van der Waals surface area (Å²) in [7, 11) is 0. The molecule has 1 saturated heterocycles. The van der Waals surface area contributed by atoms with Crippen LogP contribution >= 0.6 is 11.6 Å². The molecule has 1 aliphatic heterocycles. The second-order valence-corrected chi connectivity index (χ2v) is 5.29. The summed E-state index contributed by atoms with van der Waals surface area (Å²) in [6.45, 7) is 0.856. The molecule has 0 bridgehead atoms. The van der Waals surface area contributed by atoms with Crippen LogP contribution < -0.4 is 0 Å². The molecule has 20 heavy (non-hydrogen) atoms. The number of likely N-dealkylation sites (tertiary alicyclic amines) is 1. The van der Waals surface area contributed by atoms with Crippen LogP contribution in [0, 0.1) is 10.1 Å². The Kier molecular flexibility index (Phi) is 4.57. The fourth-order valence-electron chi connectivity index (χ4n) is 2.54. The van der Waals surface area contributed by atoms with Gasteiger partial charge < -0.3 is 5.11 Å². The average molecular weight is 299 g/mol. The Labute approximate surface area is 121 Å². The second kappa shape index (κ2) is 6.19. The number of carboxylic acid groups (broad SMARTS) is 1. The van der Waals surface area contributed by atoms with E-state index < -0.39 is 16.9 Å². The zero-order valence-corrected chi connectivity index (χ0v) is 11.5. The van der Waals surface area contributed by atoms with Crippen molar-refractivity contribution in [3.8, 4) is 0 Å². The number of hydrogen-bond acceptors (Lipinski definition) is 4. The lowest BCUT2D eigenvalue weighted by molar-refractivity contribution is -0.385.